The third kappa shape index (κ3) is 4.32. The average molecular weight is 471 g/mol. The summed E-state index contributed by atoms with van der Waals surface area (Å²) in [5.74, 6) is 2.02. The number of fused-ring (bicyclic) bond motifs is 1. The maximum Gasteiger partial charge on any atom is 0.272 e. The van der Waals surface area contributed by atoms with Crippen LogP contribution in [0, 0.1) is 6.92 Å². The molecule has 3 heterocycles. The molecule has 9 nitrogen and oxygen atoms in total. The van der Waals surface area contributed by atoms with E-state index in [-0.39, 0.29) is 17.8 Å². The fourth-order valence-electron chi connectivity index (χ4n) is 4.37. The molecule has 0 spiro atoms. The monoisotopic (exact) mass is 470 g/mol. The SMILES string of the molecule is CCCOc1ccccc1[C@@H]1CC(=O)Nc2c1c(C)nn2-c1nncc(-c2cccc(OC)c2)n1. The van der Waals surface area contributed by atoms with Crippen molar-refractivity contribution in [2.45, 2.75) is 32.6 Å². The number of aryl methyl sites for hydroxylation is 1. The predicted molar refractivity (Wildman–Crippen MR) is 131 cm³/mol. The summed E-state index contributed by atoms with van der Waals surface area (Å²) < 4.78 is 12.9. The quantitative estimate of drug-likeness (QED) is 0.429. The predicted octanol–water partition coefficient (Wildman–Crippen LogP) is 4.30. The molecule has 35 heavy (non-hydrogen) atoms. The highest BCUT2D eigenvalue weighted by Gasteiger charge is 2.34. The smallest absolute Gasteiger partial charge is 0.272 e. The molecule has 4 aromatic rings. The van der Waals surface area contributed by atoms with Gasteiger partial charge in [0.2, 0.25) is 5.91 Å². The number of nitrogens with zero attached hydrogens (tertiary/aromatic N) is 5. The van der Waals surface area contributed by atoms with Gasteiger partial charge < -0.3 is 14.8 Å². The van der Waals surface area contributed by atoms with Crippen molar-refractivity contribution in [3.8, 4) is 28.7 Å². The largest absolute Gasteiger partial charge is 0.497 e. The van der Waals surface area contributed by atoms with E-state index >= 15 is 0 Å². The molecular formula is C26H26N6O3. The second-order valence-corrected chi connectivity index (χ2v) is 8.32. The molecule has 1 amide bonds. The summed E-state index contributed by atoms with van der Waals surface area (Å²) in [6, 6.07) is 15.4. The number of rotatable bonds is 7. The van der Waals surface area contributed by atoms with Gasteiger partial charge >= 0.3 is 0 Å². The van der Waals surface area contributed by atoms with Gasteiger partial charge in [-0.25, -0.2) is 4.98 Å². The second kappa shape index (κ2) is 9.54. The molecule has 1 aliphatic heterocycles. The molecule has 1 atom stereocenters. The summed E-state index contributed by atoms with van der Waals surface area (Å²) in [7, 11) is 1.62. The number of amides is 1. The fraction of sp³-hybridized carbons (Fsp3) is 0.269. The van der Waals surface area contributed by atoms with Crippen molar-refractivity contribution < 1.29 is 14.3 Å². The minimum Gasteiger partial charge on any atom is -0.497 e. The van der Waals surface area contributed by atoms with Crippen LogP contribution in [0.15, 0.2) is 54.7 Å². The van der Waals surface area contributed by atoms with Crippen molar-refractivity contribution >= 4 is 11.7 Å². The van der Waals surface area contributed by atoms with Crippen LogP contribution >= 0.6 is 0 Å². The maximum atomic E-state index is 12.8. The Bertz CT molecular complexity index is 1380. The van der Waals surface area contributed by atoms with Crippen LogP contribution in [0.5, 0.6) is 11.5 Å². The zero-order chi connectivity index (χ0) is 24.4. The van der Waals surface area contributed by atoms with Gasteiger partial charge in [-0.05, 0) is 31.5 Å². The number of ether oxygens (including phenoxy) is 2. The van der Waals surface area contributed by atoms with E-state index in [4.69, 9.17) is 14.6 Å². The Morgan fingerprint density at radius 2 is 2.03 bits per heavy atom. The van der Waals surface area contributed by atoms with E-state index in [1.54, 1.807) is 18.0 Å². The third-order valence-corrected chi connectivity index (χ3v) is 5.96. The number of anilines is 1. The molecule has 0 fully saturated rings. The van der Waals surface area contributed by atoms with Gasteiger partial charge in [-0.3, -0.25) is 4.79 Å². The molecule has 0 bridgehead atoms. The average Bonchev–Trinajstić information content (AvgIpc) is 3.23. The van der Waals surface area contributed by atoms with Crippen LogP contribution < -0.4 is 14.8 Å². The van der Waals surface area contributed by atoms with Crippen LogP contribution in [0.2, 0.25) is 0 Å². The van der Waals surface area contributed by atoms with Gasteiger partial charge in [0.25, 0.3) is 5.95 Å². The number of para-hydroxylation sites is 1. The van der Waals surface area contributed by atoms with Crippen molar-refractivity contribution in [3.63, 3.8) is 0 Å². The molecule has 0 saturated carbocycles. The topological polar surface area (TPSA) is 104 Å². The molecule has 1 aliphatic rings. The highest BCUT2D eigenvalue weighted by molar-refractivity contribution is 5.95. The Morgan fingerprint density at radius 1 is 1.17 bits per heavy atom. The summed E-state index contributed by atoms with van der Waals surface area (Å²) >= 11 is 0. The Morgan fingerprint density at radius 3 is 2.86 bits per heavy atom. The number of methoxy groups -OCH3 is 1. The van der Waals surface area contributed by atoms with E-state index < -0.39 is 0 Å². The zero-order valence-electron chi connectivity index (χ0n) is 19.9. The number of carbonyl (C=O) groups is 1. The minimum absolute atomic E-state index is 0.106. The van der Waals surface area contributed by atoms with Crippen LogP contribution in [-0.2, 0) is 4.79 Å². The molecular weight excluding hydrogens is 444 g/mol. The summed E-state index contributed by atoms with van der Waals surface area (Å²) in [4.78, 5) is 17.5. The molecule has 178 valence electrons. The van der Waals surface area contributed by atoms with Gasteiger partial charge in [0, 0.05) is 29.0 Å². The van der Waals surface area contributed by atoms with E-state index in [9.17, 15) is 4.79 Å². The second-order valence-electron chi connectivity index (χ2n) is 8.32. The van der Waals surface area contributed by atoms with E-state index in [0.29, 0.717) is 30.3 Å². The number of nitrogens with one attached hydrogen (secondary N) is 1. The van der Waals surface area contributed by atoms with Gasteiger partial charge in [0.1, 0.15) is 17.3 Å². The van der Waals surface area contributed by atoms with Gasteiger partial charge in [-0.1, -0.05) is 37.3 Å². The van der Waals surface area contributed by atoms with Crippen LogP contribution in [0.1, 0.15) is 42.5 Å². The van der Waals surface area contributed by atoms with Crippen molar-refractivity contribution in [3.05, 3.63) is 71.5 Å². The lowest BCUT2D eigenvalue weighted by Gasteiger charge is -2.25. The summed E-state index contributed by atoms with van der Waals surface area (Å²) in [5, 5.41) is 16.0. The maximum absolute atomic E-state index is 12.8. The first-order valence-electron chi connectivity index (χ1n) is 11.5. The lowest BCUT2D eigenvalue weighted by molar-refractivity contribution is -0.116. The van der Waals surface area contributed by atoms with Gasteiger partial charge in [-0.2, -0.15) is 14.9 Å². The van der Waals surface area contributed by atoms with Crippen molar-refractivity contribution in [2.24, 2.45) is 0 Å². The summed E-state index contributed by atoms with van der Waals surface area (Å²) in [5.41, 5.74) is 4.12. The molecule has 0 radical (unpaired) electrons. The minimum atomic E-state index is -0.199. The van der Waals surface area contributed by atoms with Crippen LogP contribution in [0.4, 0.5) is 5.82 Å². The fourth-order valence-corrected chi connectivity index (χ4v) is 4.37. The van der Waals surface area contributed by atoms with E-state index in [2.05, 4.69) is 27.4 Å². The first-order valence-corrected chi connectivity index (χ1v) is 11.5. The number of carbonyl (C=O) groups excluding carboxylic acids is 1. The van der Waals surface area contributed by atoms with Crippen LogP contribution in [0.3, 0.4) is 0 Å². The Hall–Kier alpha value is -4.27. The highest BCUT2D eigenvalue weighted by atomic mass is 16.5. The zero-order valence-corrected chi connectivity index (χ0v) is 19.9. The molecule has 0 aliphatic carbocycles. The van der Waals surface area contributed by atoms with E-state index in [0.717, 1.165) is 34.6 Å². The highest BCUT2D eigenvalue weighted by Crippen LogP contribution is 2.43. The van der Waals surface area contributed by atoms with E-state index in [1.807, 2.05) is 55.5 Å². The molecule has 0 unspecified atom stereocenters. The molecule has 0 saturated heterocycles. The molecule has 1 N–H and O–H groups in total. The van der Waals surface area contributed by atoms with Crippen molar-refractivity contribution in [2.75, 3.05) is 19.0 Å². The van der Waals surface area contributed by atoms with E-state index in [1.165, 1.54) is 0 Å². The molecule has 5 rings (SSSR count). The molecule has 9 heteroatoms. The number of aromatic nitrogens is 5. The van der Waals surface area contributed by atoms with Gasteiger partial charge in [0.05, 0.1) is 31.3 Å². The standard InChI is InChI=1S/C26H26N6O3/c1-4-12-35-22-11-6-5-10-19(22)20-14-23(33)29-25-24(20)16(2)31-32(25)26-28-21(15-27-30-26)17-8-7-9-18(13-17)34-3/h5-11,13,15,20H,4,12,14H2,1-3H3,(H,29,33)/t20-/m0/s1. The van der Waals surface area contributed by atoms with Crippen LogP contribution in [-0.4, -0.2) is 44.6 Å². The Labute approximate surface area is 203 Å². The first kappa shape index (κ1) is 22.5. The number of hydrogen-bond acceptors (Lipinski definition) is 7. The Balaban J connectivity index is 1.59. The first-order chi connectivity index (χ1) is 17.1. The normalized spacial score (nSPS) is 14.8. The lowest BCUT2D eigenvalue weighted by Crippen LogP contribution is -2.25. The Kier molecular flexibility index (Phi) is 6.13. The van der Waals surface area contributed by atoms with Crippen molar-refractivity contribution in [1.29, 1.82) is 0 Å². The third-order valence-electron chi connectivity index (χ3n) is 5.96. The number of benzene rings is 2. The van der Waals surface area contributed by atoms with Gasteiger partial charge in [-0.15, -0.1) is 5.10 Å². The van der Waals surface area contributed by atoms with Crippen molar-refractivity contribution in [1.82, 2.24) is 25.0 Å². The van der Waals surface area contributed by atoms with Gasteiger partial charge in [0.15, 0.2) is 0 Å². The summed E-state index contributed by atoms with van der Waals surface area (Å²) in [6.45, 7) is 4.60. The summed E-state index contributed by atoms with van der Waals surface area (Å²) in [6.07, 6.45) is 2.79. The molecule has 2 aromatic carbocycles. The number of hydrogen-bond donors (Lipinski definition) is 1. The van der Waals surface area contributed by atoms with Crippen LogP contribution in [0.25, 0.3) is 17.2 Å². The lowest BCUT2D eigenvalue weighted by atomic mass is 9.85. The molecule has 2 aromatic heterocycles.